The number of hydrogen-bond donors (Lipinski definition) is 0. The summed E-state index contributed by atoms with van der Waals surface area (Å²) in [5.41, 5.74) is 0.809. The molecule has 0 bridgehead atoms. The molecule has 1 heterocycles. The molecule has 0 N–H and O–H groups in total. The molecule has 0 atom stereocenters. The maximum Gasteiger partial charge on any atom is 0.161 e. The molecule has 0 aliphatic rings. The van der Waals surface area contributed by atoms with E-state index < -0.39 is 0 Å². The summed E-state index contributed by atoms with van der Waals surface area (Å²) in [6, 6.07) is 1.88. The fraction of sp³-hybridized carbons (Fsp3) is 0.500. The molecule has 1 aromatic rings. The molecule has 13 heavy (non-hydrogen) atoms. The Hall–Kier alpha value is -0.700. The Kier molecular flexibility index (Phi) is 4.09. The number of nitrogens with zero attached hydrogens (tertiary/aromatic N) is 1. The first kappa shape index (κ1) is 10.4. The van der Waals surface area contributed by atoms with Crippen molar-refractivity contribution in [1.29, 1.82) is 0 Å². The second-order valence-electron chi connectivity index (χ2n) is 3.04. The van der Waals surface area contributed by atoms with Crippen LogP contribution < -0.4 is 0 Å². The summed E-state index contributed by atoms with van der Waals surface area (Å²) in [4.78, 5) is 11.0. The van der Waals surface area contributed by atoms with E-state index >= 15 is 0 Å². The molecular formula is C10H15NOS. The third-order valence-corrected chi connectivity index (χ3v) is 2.62. The van der Waals surface area contributed by atoms with Crippen molar-refractivity contribution >= 4 is 17.5 Å². The van der Waals surface area contributed by atoms with E-state index in [-0.39, 0.29) is 5.78 Å². The van der Waals surface area contributed by atoms with Crippen molar-refractivity contribution in [1.82, 2.24) is 4.57 Å². The highest BCUT2D eigenvalue weighted by molar-refractivity contribution is 7.98. The van der Waals surface area contributed by atoms with E-state index in [1.807, 2.05) is 30.2 Å². The zero-order chi connectivity index (χ0) is 9.68. The number of Topliss-reactive ketones (excluding diaryl/α,β-unsaturated/α-hetero) is 1. The van der Waals surface area contributed by atoms with Gasteiger partial charge >= 0.3 is 0 Å². The highest BCUT2D eigenvalue weighted by atomic mass is 32.2. The molecule has 0 fully saturated rings. The molecule has 0 saturated heterocycles. The van der Waals surface area contributed by atoms with E-state index in [2.05, 4.69) is 10.8 Å². The Labute approximate surface area is 83.3 Å². The standard InChI is InChI=1S/C10H15NOS/c1-9(12)10-4-6-11(8-10)5-3-7-13-2/h4,6,8H,3,5,7H2,1-2H3. The van der Waals surface area contributed by atoms with Gasteiger partial charge in [0.15, 0.2) is 5.78 Å². The molecule has 72 valence electrons. The molecule has 0 unspecified atom stereocenters. The van der Waals surface area contributed by atoms with Crippen LogP contribution in [-0.4, -0.2) is 22.4 Å². The molecule has 0 radical (unpaired) electrons. The van der Waals surface area contributed by atoms with Crippen LogP contribution in [0.5, 0.6) is 0 Å². The first-order valence-corrected chi connectivity index (χ1v) is 5.79. The van der Waals surface area contributed by atoms with Crippen molar-refractivity contribution in [2.45, 2.75) is 19.9 Å². The van der Waals surface area contributed by atoms with Crippen LogP contribution >= 0.6 is 11.8 Å². The monoisotopic (exact) mass is 197 g/mol. The van der Waals surface area contributed by atoms with Gasteiger partial charge in [-0.2, -0.15) is 11.8 Å². The van der Waals surface area contributed by atoms with Crippen molar-refractivity contribution < 1.29 is 4.79 Å². The third-order valence-electron chi connectivity index (χ3n) is 1.92. The molecule has 0 spiro atoms. The molecular weight excluding hydrogens is 182 g/mol. The van der Waals surface area contributed by atoms with Gasteiger partial charge in [0, 0.05) is 24.5 Å². The molecule has 0 aliphatic heterocycles. The number of carbonyl (C=O) groups excluding carboxylic acids is 1. The molecule has 0 amide bonds. The third kappa shape index (κ3) is 3.27. The summed E-state index contributed by atoms with van der Waals surface area (Å²) in [6.07, 6.45) is 7.16. The summed E-state index contributed by atoms with van der Waals surface area (Å²) in [5.74, 6) is 1.32. The first-order valence-electron chi connectivity index (χ1n) is 4.39. The summed E-state index contributed by atoms with van der Waals surface area (Å²) in [5, 5.41) is 0. The number of carbonyl (C=O) groups is 1. The van der Waals surface area contributed by atoms with Gasteiger partial charge in [0.2, 0.25) is 0 Å². The lowest BCUT2D eigenvalue weighted by molar-refractivity contribution is 0.101. The Balaban J connectivity index is 2.44. The topological polar surface area (TPSA) is 22.0 Å². The number of aromatic nitrogens is 1. The molecule has 0 aliphatic carbocycles. The van der Waals surface area contributed by atoms with Crippen LogP contribution in [-0.2, 0) is 6.54 Å². The van der Waals surface area contributed by atoms with E-state index in [4.69, 9.17) is 0 Å². The largest absolute Gasteiger partial charge is 0.353 e. The minimum absolute atomic E-state index is 0.142. The van der Waals surface area contributed by atoms with Crippen LogP contribution in [0.25, 0.3) is 0 Å². The highest BCUT2D eigenvalue weighted by Crippen LogP contribution is 2.04. The summed E-state index contributed by atoms with van der Waals surface area (Å²) in [6.45, 7) is 2.61. The van der Waals surface area contributed by atoms with Gasteiger partial charge in [-0.3, -0.25) is 4.79 Å². The van der Waals surface area contributed by atoms with Gasteiger partial charge in [-0.15, -0.1) is 0 Å². The molecule has 2 nitrogen and oxygen atoms in total. The van der Waals surface area contributed by atoms with E-state index in [1.54, 1.807) is 6.92 Å². The van der Waals surface area contributed by atoms with Gasteiger partial charge in [-0.05, 0) is 31.4 Å². The molecule has 0 aromatic carbocycles. The zero-order valence-electron chi connectivity index (χ0n) is 8.12. The van der Waals surface area contributed by atoms with Gasteiger partial charge in [-0.1, -0.05) is 0 Å². The quantitative estimate of drug-likeness (QED) is 0.534. The van der Waals surface area contributed by atoms with Crippen LogP contribution in [0, 0.1) is 0 Å². The minimum atomic E-state index is 0.142. The van der Waals surface area contributed by atoms with E-state index in [0.29, 0.717) is 0 Å². The summed E-state index contributed by atoms with van der Waals surface area (Å²) in [7, 11) is 0. The van der Waals surface area contributed by atoms with Crippen LogP contribution in [0.3, 0.4) is 0 Å². The highest BCUT2D eigenvalue weighted by Gasteiger charge is 2.00. The SMILES string of the molecule is CSCCCn1ccc(C(C)=O)c1. The molecule has 1 aromatic heterocycles. The average molecular weight is 197 g/mol. The average Bonchev–Trinajstić information content (AvgIpc) is 2.53. The summed E-state index contributed by atoms with van der Waals surface area (Å²) >= 11 is 1.85. The zero-order valence-corrected chi connectivity index (χ0v) is 8.93. The van der Waals surface area contributed by atoms with E-state index in [0.717, 1.165) is 18.5 Å². The lowest BCUT2D eigenvalue weighted by Gasteiger charge is -2.00. The van der Waals surface area contributed by atoms with Crippen molar-refractivity contribution in [3.05, 3.63) is 24.0 Å². The summed E-state index contributed by atoms with van der Waals surface area (Å²) < 4.78 is 2.08. The Morgan fingerprint density at radius 2 is 2.38 bits per heavy atom. The second-order valence-corrected chi connectivity index (χ2v) is 4.03. The van der Waals surface area contributed by atoms with Crippen molar-refractivity contribution in [3.63, 3.8) is 0 Å². The lowest BCUT2D eigenvalue weighted by atomic mass is 10.2. The Morgan fingerprint density at radius 1 is 1.62 bits per heavy atom. The predicted molar refractivity (Wildman–Crippen MR) is 57.4 cm³/mol. The van der Waals surface area contributed by atoms with Crippen LogP contribution in [0.15, 0.2) is 18.5 Å². The number of thioether (sulfide) groups is 1. The van der Waals surface area contributed by atoms with E-state index in [1.165, 1.54) is 5.75 Å². The van der Waals surface area contributed by atoms with Crippen LogP contribution in [0.4, 0.5) is 0 Å². The normalized spacial score (nSPS) is 10.3. The van der Waals surface area contributed by atoms with Gasteiger partial charge < -0.3 is 4.57 Å². The van der Waals surface area contributed by atoms with Gasteiger partial charge in [0.1, 0.15) is 0 Å². The number of aryl methyl sites for hydroxylation is 1. The maximum atomic E-state index is 11.0. The fourth-order valence-electron chi connectivity index (χ4n) is 1.18. The maximum absolute atomic E-state index is 11.0. The van der Waals surface area contributed by atoms with Gasteiger partial charge in [-0.25, -0.2) is 0 Å². The van der Waals surface area contributed by atoms with Crippen molar-refractivity contribution in [2.75, 3.05) is 12.0 Å². The number of hydrogen-bond acceptors (Lipinski definition) is 2. The Bertz CT molecular complexity index is 280. The van der Waals surface area contributed by atoms with E-state index in [9.17, 15) is 4.79 Å². The smallest absolute Gasteiger partial charge is 0.161 e. The van der Waals surface area contributed by atoms with Gasteiger partial charge in [0.25, 0.3) is 0 Å². The minimum Gasteiger partial charge on any atom is -0.353 e. The van der Waals surface area contributed by atoms with Crippen molar-refractivity contribution in [3.8, 4) is 0 Å². The van der Waals surface area contributed by atoms with Crippen LogP contribution in [0.1, 0.15) is 23.7 Å². The second kappa shape index (κ2) is 5.12. The molecule has 0 saturated carbocycles. The number of rotatable bonds is 5. The lowest BCUT2D eigenvalue weighted by Crippen LogP contribution is -1.96. The fourth-order valence-corrected chi connectivity index (χ4v) is 1.60. The Morgan fingerprint density at radius 3 is 2.92 bits per heavy atom. The van der Waals surface area contributed by atoms with Crippen molar-refractivity contribution in [2.24, 2.45) is 0 Å². The van der Waals surface area contributed by atoms with Crippen LogP contribution in [0.2, 0.25) is 0 Å². The molecule has 1 rings (SSSR count). The van der Waals surface area contributed by atoms with Gasteiger partial charge in [0.05, 0.1) is 0 Å². The number of ketones is 1. The molecule has 3 heteroatoms. The first-order chi connectivity index (χ1) is 6.24. The predicted octanol–water partition coefficient (Wildman–Crippen LogP) is 2.44.